The van der Waals surface area contributed by atoms with Crippen molar-refractivity contribution in [2.45, 2.75) is 12.5 Å². The van der Waals surface area contributed by atoms with Gasteiger partial charge in [0.25, 0.3) is 0 Å². The maximum absolute atomic E-state index is 12.0. The van der Waals surface area contributed by atoms with Crippen LogP contribution in [0.25, 0.3) is 0 Å². The van der Waals surface area contributed by atoms with E-state index in [1.165, 1.54) is 6.26 Å². The third-order valence-corrected chi connectivity index (χ3v) is 4.27. The molecule has 0 radical (unpaired) electrons. The molecule has 1 unspecified atom stereocenters. The Hall–Kier alpha value is -0.820. The van der Waals surface area contributed by atoms with Gasteiger partial charge in [-0.05, 0) is 6.42 Å². The maximum atomic E-state index is 12.0. The molecule has 0 aromatic heterocycles. The Morgan fingerprint density at radius 1 is 1.47 bits per heavy atom. The van der Waals surface area contributed by atoms with Gasteiger partial charge in [-0.3, -0.25) is 0 Å². The quantitative estimate of drug-likeness (QED) is 0.714. The van der Waals surface area contributed by atoms with E-state index in [0.717, 1.165) is 26.2 Å². The van der Waals surface area contributed by atoms with Crippen molar-refractivity contribution in [3.8, 4) is 0 Å². The Morgan fingerprint density at radius 3 is 2.88 bits per heavy atom. The van der Waals surface area contributed by atoms with Crippen molar-refractivity contribution in [2.75, 3.05) is 44.7 Å². The third-order valence-electron chi connectivity index (χ3n) is 3.24. The van der Waals surface area contributed by atoms with Crippen LogP contribution in [0.2, 0.25) is 0 Å². The summed E-state index contributed by atoms with van der Waals surface area (Å²) in [5, 5.41) is 3.26. The number of carbonyl (C=O) groups is 1. The fraction of sp³-hybridized carbons (Fsp3) is 0.900. The highest BCUT2D eigenvalue weighted by atomic mass is 32.2. The summed E-state index contributed by atoms with van der Waals surface area (Å²) >= 11 is 0. The van der Waals surface area contributed by atoms with Crippen molar-refractivity contribution in [3.63, 3.8) is 0 Å². The molecular weight excluding hydrogens is 242 g/mol. The standard InChI is InChI=1S/C10H19N3O3S/c1-17(15,16)6-2-4-12-8-9-7-11-3-5-13(9)10(12)14/h9,11H,2-8H2,1H3. The Balaban J connectivity index is 1.84. The fourth-order valence-corrected chi connectivity index (χ4v) is 3.05. The van der Waals surface area contributed by atoms with Gasteiger partial charge in [0.1, 0.15) is 9.84 Å². The number of fused-ring (bicyclic) bond motifs is 1. The molecule has 2 heterocycles. The highest BCUT2D eigenvalue weighted by Gasteiger charge is 2.37. The smallest absolute Gasteiger partial charge is 0.320 e. The number of rotatable bonds is 4. The van der Waals surface area contributed by atoms with Gasteiger partial charge in [0.15, 0.2) is 0 Å². The molecule has 2 aliphatic heterocycles. The Labute approximate surface area is 102 Å². The van der Waals surface area contributed by atoms with Crippen molar-refractivity contribution in [3.05, 3.63) is 0 Å². The van der Waals surface area contributed by atoms with Gasteiger partial charge >= 0.3 is 6.03 Å². The summed E-state index contributed by atoms with van der Waals surface area (Å²) in [4.78, 5) is 15.6. The predicted octanol–water partition coefficient (Wildman–Crippen LogP) is -0.869. The van der Waals surface area contributed by atoms with Gasteiger partial charge in [0.05, 0.1) is 11.8 Å². The zero-order valence-electron chi connectivity index (χ0n) is 10.1. The van der Waals surface area contributed by atoms with Gasteiger partial charge in [-0.25, -0.2) is 13.2 Å². The van der Waals surface area contributed by atoms with Crippen LogP contribution in [-0.4, -0.2) is 75.0 Å². The van der Waals surface area contributed by atoms with Crippen LogP contribution in [0, 0.1) is 0 Å². The van der Waals surface area contributed by atoms with Crippen LogP contribution >= 0.6 is 0 Å². The van der Waals surface area contributed by atoms with Crippen molar-refractivity contribution in [2.24, 2.45) is 0 Å². The van der Waals surface area contributed by atoms with Crippen LogP contribution in [0.3, 0.4) is 0 Å². The number of hydrogen-bond acceptors (Lipinski definition) is 4. The SMILES string of the molecule is CS(=O)(=O)CCCN1CC2CNCCN2C1=O. The van der Waals surface area contributed by atoms with Crippen LogP contribution in [0.15, 0.2) is 0 Å². The van der Waals surface area contributed by atoms with E-state index in [0.29, 0.717) is 13.0 Å². The van der Waals surface area contributed by atoms with Gasteiger partial charge in [0, 0.05) is 39.0 Å². The molecule has 6 nitrogen and oxygen atoms in total. The summed E-state index contributed by atoms with van der Waals surface area (Å²) in [5.74, 6) is 0.152. The van der Waals surface area contributed by atoms with E-state index in [2.05, 4.69) is 5.32 Å². The summed E-state index contributed by atoms with van der Waals surface area (Å²) in [6.45, 7) is 3.70. The lowest BCUT2D eigenvalue weighted by Crippen LogP contribution is -2.49. The molecule has 2 rings (SSSR count). The molecule has 7 heteroatoms. The summed E-state index contributed by atoms with van der Waals surface area (Å²) < 4.78 is 22.0. The van der Waals surface area contributed by atoms with E-state index in [1.807, 2.05) is 4.90 Å². The van der Waals surface area contributed by atoms with Gasteiger partial charge in [-0.15, -0.1) is 0 Å². The van der Waals surface area contributed by atoms with E-state index in [4.69, 9.17) is 0 Å². The first kappa shape index (κ1) is 12.6. The first-order valence-electron chi connectivity index (χ1n) is 5.91. The number of sulfone groups is 1. The molecule has 0 aromatic rings. The van der Waals surface area contributed by atoms with E-state index in [1.54, 1.807) is 4.90 Å². The number of hydrogen-bond donors (Lipinski definition) is 1. The minimum atomic E-state index is -2.92. The average molecular weight is 261 g/mol. The third kappa shape index (κ3) is 3.10. The Bertz CT molecular complexity index is 396. The average Bonchev–Trinajstić information content (AvgIpc) is 2.55. The van der Waals surface area contributed by atoms with Crippen molar-refractivity contribution in [1.82, 2.24) is 15.1 Å². The van der Waals surface area contributed by atoms with Crippen LogP contribution < -0.4 is 5.32 Å². The van der Waals surface area contributed by atoms with E-state index in [-0.39, 0.29) is 17.8 Å². The molecule has 2 fully saturated rings. The summed E-state index contributed by atoms with van der Waals surface area (Å²) in [7, 11) is -2.92. The van der Waals surface area contributed by atoms with E-state index in [9.17, 15) is 13.2 Å². The Morgan fingerprint density at radius 2 is 2.24 bits per heavy atom. The number of carbonyl (C=O) groups excluding carboxylic acids is 1. The minimum Gasteiger partial charge on any atom is -0.322 e. The highest BCUT2D eigenvalue weighted by molar-refractivity contribution is 7.90. The van der Waals surface area contributed by atoms with Gasteiger partial charge in [-0.1, -0.05) is 0 Å². The van der Waals surface area contributed by atoms with Gasteiger partial charge in [-0.2, -0.15) is 0 Å². The summed E-state index contributed by atoms with van der Waals surface area (Å²) in [6, 6.07) is 0.319. The van der Waals surface area contributed by atoms with Crippen LogP contribution in [-0.2, 0) is 9.84 Å². The Kier molecular flexibility index (Phi) is 3.58. The first-order chi connectivity index (χ1) is 7.97. The normalized spacial score (nSPS) is 25.2. The number of nitrogens with one attached hydrogen (secondary N) is 1. The molecule has 0 bridgehead atoms. The van der Waals surface area contributed by atoms with Gasteiger partial charge in [0.2, 0.25) is 0 Å². The second kappa shape index (κ2) is 4.81. The largest absolute Gasteiger partial charge is 0.322 e. The van der Waals surface area contributed by atoms with Crippen molar-refractivity contribution < 1.29 is 13.2 Å². The molecule has 2 amide bonds. The van der Waals surface area contributed by atoms with Crippen LogP contribution in [0.4, 0.5) is 4.79 Å². The van der Waals surface area contributed by atoms with E-state index < -0.39 is 9.84 Å². The zero-order valence-corrected chi connectivity index (χ0v) is 10.9. The second-order valence-corrected chi connectivity index (χ2v) is 7.02. The van der Waals surface area contributed by atoms with Crippen LogP contribution in [0.1, 0.15) is 6.42 Å². The molecule has 17 heavy (non-hydrogen) atoms. The second-order valence-electron chi connectivity index (χ2n) is 4.76. The molecule has 0 spiro atoms. The number of urea groups is 1. The zero-order chi connectivity index (χ0) is 12.5. The summed E-state index contributed by atoms with van der Waals surface area (Å²) in [5.41, 5.74) is 0. The molecule has 98 valence electrons. The molecule has 0 saturated carbocycles. The predicted molar refractivity (Wildman–Crippen MR) is 64.7 cm³/mol. The summed E-state index contributed by atoms with van der Waals surface area (Å²) in [6.07, 6.45) is 1.75. The van der Waals surface area contributed by atoms with Crippen LogP contribution in [0.5, 0.6) is 0 Å². The molecule has 0 aromatic carbocycles. The topological polar surface area (TPSA) is 69.7 Å². The first-order valence-corrected chi connectivity index (χ1v) is 7.97. The maximum Gasteiger partial charge on any atom is 0.320 e. The lowest BCUT2D eigenvalue weighted by molar-refractivity contribution is 0.179. The molecule has 2 saturated heterocycles. The minimum absolute atomic E-state index is 0.0602. The molecule has 1 N–H and O–H groups in total. The van der Waals surface area contributed by atoms with Crippen molar-refractivity contribution >= 4 is 15.9 Å². The number of nitrogens with zero attached hydrogens (tertiary/aromatic N) is 2. The number of piperazine rings is 1. The highest BCUT2D eigenvalue weighted by Crippen LogP contribution is 2.17. The van der Waals surface area contributed by atoms with E-state index >= 15 is 0 Å². The fourth-order valence-electron chi connectivity index (χ4n) is 2.39. The molecule has 1 atom stereocenters. The van der Waals surface area contributed by atoms with Gasteiger partial charge < -0.3 is 15.1 Å². The lowest BCUT2D eigenvalue weighted by atomic mass is 10.2. The molecular formula is C10H19N3O3S. The number of amides is 2. The molecule has 0 aliphatic carbocycles. The monoisotopic (exact) mass is 261 g/mol. The molecule has 2 aliphatic rings. The lowest BCUT2D eigenvalue weighted by Gasteiger charge is -2.28. The van der Waals surface area contributed by atoms with Crippen molar-refractivity contribution in [1.29, 1.82) is 0 Å².